The number of rotatable bonds is 8. The Morgan fingerprint density at radius 3 is 2.14 bits per heavy atom. The molecule has 4 rings (SSSR count). The van der Waals surface area contributed by atoms with Gasteiger partial charge >= 0.3 is 5.69 Å². The molecule has 9 heteroatoms. The fraction of sp³-hybridized carbons (Fsp3) is 0.269. The number of nitrogens with zero attached hydrogens (tertiary/aromatic N) is 4. The van der Waals surface area contributed by atoms with Crippen molar-refractivity contribution >= 4 is 23.3 Å². The lowest BCUT2D eigenvalue weighted by atomic mass is 10.1. The summed E-state index contributed by atoms with van der Waals surface area (Å²) in [6.45, 7) is 4.34. The maximum atomic E-state index is 12.9. The number of benzene rings is 2. The Hall–Kier alpha value is -4.27. The summed E-state index contributed by atoms with van der Waals surface area (Å²) in [5, 5.41) is 0. The average Bonchev–Trinajstić information content (AvgIpc) is 3.20. The zero-order valence-electron chi connectivity index (χ0n) is 20.4. The van der Waals surface area contributed by atoms with Crippen LogP contribution in [0.4, 0.5) is 0 Å². The molecule has 0 bridgehead atoms. The van der Waals surface area contributed by atoms with Gasteiger partial charge in [-0.05, 0) is 68.5 Å². The molecule has 0 aliphatic carbocycles. The molecule has 35 heavy (non-hydrogen) atoms. The summed E-state index contributed by atoms with van der Waals surface area (Å²) in [5.74, 6) is 3.24. The first-order valence-corrected chi connectivity index (χ1v) is 11.3. The highest BCUT2D eigenvalue weighted by molar-refractivity contribution is 5.78. The van der Waals surface area contributed by atoms with Crippen LogP contribution in [0.2, 0.25) is 0 Å². The lowest BCUT2D eigenvalue weighted by Crippen LogP contribution is -2.39. The van der Waals surface area contributed by atoms with Crippen molar-refractivity contribution in [1.29, 1.82) is 0 Å². The smallest absolute Gasteiger partial charge is 0.332 e. The minimum Gasteiger partial charge on any atom is -0.497 e. The van der Waals surface area contributed by atoms with E-state index in [4.69, 9.17) is 14.2 Å². The summed E-state index contributed by atoms with van der Waals surface area (Å²) < 4.78 is 21.1. The summed E-state index contributed by atoms with van der Waals surface area (Å²) in [5.41, 5.74) is 0.823. The van der Waals surface area contributed by atoms with Crippen LogP contribution in [0.3, 0.4) is 0 Å². The second-order valence-electron chi connectivity index (χ2n) is 7.79. The molecule has 0 saturated heterocycles. The highest BCUT2D eigenvalue weighted by Gasteiger charge is 2.18. The van der Waals surface area contributed by atoms with Gasteiger partial charge in [0.2, 0.25) is 0 Å². The number of aromatic nitrogens is 4. The maximum absolute atomic E-state index is 12.9. The Morgan fingerprint density at radius 2 is 1.51 bits per heavy atom. The van der Waals surface area contributed by atoms with Gasteiger partial charge in [0, 0.05) is 25.7 Å². The second kappa shape index (κ2) is 9.92. The van der Waals surface area contributed by atoms with E-state index in [1.807, 2.05) is 55.5 Å². The van der Waals surface area contributed by atoms with E-state index in [9.17, 15) is 9.59 Å². The molecule has 9 nitrogen and oxygen atoms in total. The van der Waals surface area contributed by atoms with Crippen molar-refractivity contribution in [3.8, 4) is 23.0 Å². The van der Waals surface area contributed by atoms with E-state index in [0.717, 1.165) is 11.3 Å². The van der Waals surface area contributed by atoms with E-state index in [1.54, 1.807) is 38.8 Å². The Labute approximate surface area is 202 Å². The number of aryl methyl sites for hydroxylation is 2. The number of hydrogen-bond acceptors (Lipinski definition) is 6. The maximum Gasteiger partial charge on any atom is 0.332 e. The molecule has 0 amide bonds. The molecule has 0 saturated carbocycles. The van der Waals surface area contributed by atoms with Gasteiger partial charge in [0.25, 0.3) is 5.56 Å². The van der Waals surface area contributed by atoms with Crippen LogP contribution in [-0.2, 0) is 20.1 Å². The van der Waals surface area contributed by atoms with Gasteiger partial charge in [0.05, 0.1) is 14.2 Å². The van der Waals surface area contributed by atoms with Crippen molar-refractivity contribution in [2.45, 2.75) is 26.9 Å². The topological polar surface area (TPSA) is 89.5 Å². The molecule has 2 aromatic heterocycles. The van der Waals surface area contributed by atoms with E-state index in [0.29, 0.717) is 47.3 Å². The lowest BCUT2D eigenvalue weighted by molar-refractivity contribution is 0.410. The van der Waals surface area contributed by atoms with Crippen LogP contribution in [0, 0.1) is 0 Å². The van der Waals surface area contributed by atoms with Gasteiger partial charge in [-0.1, -0.05) is 0 Å². The summed E-state index contributed by atoms with van der Waals surface area (Å²) >= 11 is 0. The van der Waals surface area contributed by atoms with Crippen LogP contribution in [0.25, 0.3) is 23.3 Å². The van der Waals surface area contributed by atoms with Gasteiger partial charge < -0.3 is 18.8 Å². The van der Waals surface area contributed by atoms with Crippen LogP contribution in [0.5, 0.6) is 23.0 Å². The summed E-state index contributed by atoms with van der Waals surface area (Å²) in [6, 6.07) is 12.8. The molecule has 2 heterocycles. The number of fused-ring (bicyclic) bond motifs is 1. The molecule has 0 aliphatic rings. The monoisotopic (exact) mass is 476 g/mol. The Bertz CT molecular complexity index is 1510. The molecule has 182 valence electrons. The predicted molar refractivity (Wildman–Crippen MR) is 136 cm³/mol. The van der Waals surface area contributed by atoms with Crippen molar-refractivity contribution in [2.24, 2.45) is 7.05 Å². The molecule has 0 radical (unpaired) electrons. The summed E-state index contributed by atoms with van der Waals surface area (Å²) in [7, 11) is 4.98. The van der Waals surface area contributed by atoms with Crippen molar-refractivity contribution in [1.82, 2.24) is 18.7 Å². The molecule has 0 atom stereocenters. The fourth-order valence-corrected chi connectivity index (χ4v) is 3.94. The third-order valence-corrected chi connectivity index (χ3v) is 5.82. The molecule has 0 aliphatic heterocycles. The molecular formula is C26H28N4O5. The summed E-state index contributed by atoms with van der Waals surface area (Å²) in [4.78, 5) is 30.2. The SMILES string of the molecule is CCn1c(=O)c2c(nc(/C=C/c3cc(Oc4ccc(OC)cc4)ccc3OC)n2C)n(CC)c1=O. The van der Waals surface area contributed by atoms with E-state index < -0.39 is 0 Å². The van der Waals surface area contributed by atoms with Crippen molar-refractivity contribution in [2.75, 3.05) is 14.2 Å². The number of hydrogen-bond donors (Lipinski definition) is 0. The van der Waals surface area contributed by atoms with Crippen molar-refractivity contribution in [3.05, 3.63) is 74.7 Å². The molecule has 0 fully saturated rings. The van der Waals surface area contributed by atoms with Crippen molar-refractivity contribution in [3.63, 3.8) is 0 Å². The Balaban J connectivity index is 1.73. The van der Waals surface area contributed by atoms with Gasteiger partial charge in [-0.3, -0.25) is 13.9 Å². The quantitative estimate of drug-likeness (QED) is 0.383. The highest BCUT2D eigenvalue weighted by Crippen LogP contribution is 2.30. The van der Waals surface area contributed by atoms with Crippen LogP contribution < -0.4 is 25.5 Å². The second-order valence-corrected chi connectivity index (χ2v) is 7.79. The summed E-state index contributed by atoms with van der Waals surface area (Å²) in [6.07, 6.45) is 3.63. The largest absolute Gasteiger partial charge is 0.497 e. The van der Waals surface area contributed by atoms with Crippen LogP contribution >= 0.6 is 0 Å². The van der Waals surface area contributed by atoms with Gasteiger partial charge in [-0.15, -0.1) is 0 Å². The zero-order chi connectivity index (χ0) is 25.1. The van der Waals surface area contributed by atoms with Crippen molar-refractivity contribution < 1.29 is 14.2 Å². The van der Waals surface area contributed by atoms with E-state index >= 15 is 0 Å². The fourth-order valence-electron chi connectivity index (χ4n) is 3.94. The van der Waals surface area contributed by atoms with Crippen LogP contribution in [0.1, 0.15) is 25.2 Å². The molecule has 0 N–H and O–H groups in total. The van der Waals surface area contributed by atoms with E-state index in [1.165, 1.54) is 9.13 Å². The molecule has 0 spiro atoms. The zero-order valence-corrected chi connectivity index (χ0v) is 20.4. The number of imidazole rings is 1. The Morgan fingerprint density at radius 1 is 0.857 bits per heavy atom. The molecule has 4 aromatic rings. The Kier molecular flexibility index (Phi) is 6.77. The third kappa shape index (κ3) is 4.44. The first kappa shape index (κ1) is 23.9. The van der Waals surface area contributed by atoms with Gasteiger partial charge in [0.1, 0.15) is 28.8 Å². The number of ether oxygens (including phenoxy) is 3. The molecule has 0 unspecified atom stereocenters. The van der Waals surface area contributed by atoms with Gasteiger partial charge in [-0.25, -0.2) is 9.78 Å². The minimum atomic E-state index is -0.355. The molecule has 2 aromatic carbocycles. The normalized spacial score (nSPS) is 11.3. The standard InChI is InChI=1S/C26H28N4O5/c1-6-29-24-23(25(31)30(7-2)26(29)32)28(3)22(27-24)15-8-17-16-20(13-14-21(17)34-5)35-19-11-9-18(33-4)10-12-19/h8-16H,6-7H2,1-5H3/b15-8+. The van der Waals surface area contributed by atoms with Gasteiger partial charge in [0.15, 0.2) is 11.2 Å². The average molecular weight is 477 g/mol. The first-order valence-electron chi connectivity index (χ1n) is 11.3. The third-order valence-electron chi connectivity index (χ3n) is 5.82. The van der Waals surface area contributed by atoms with Crippen LogP contribution in [0.15, 0.2) is 52.1 Å². The highest BCUT2D eigenvalue weighted by atomic mass is 16.5. The van der Waals surface area contributed by atoms with E-state index in [2.05, 4.69) is 4.98 Å². The minimum absolute atomic E-state index is 0.294. The predicted octanol–water partition coefficient (Wildman–Crippen LogP) is 3.92. The first-order chi connectivity index (χ1) is 16.9. The van der Waals surface area contributed by atoms with E-state index in [-0.39, 0.29) is 11.2 Å². The lowest BCUT2D eigenvalue weighted by Gasteiger charge is -2.10. The number of methoxy groups -OCH3 is 2. The molecular weight excluding hydrogens is 448 g/mol. The van der Waals surface area contributed by atoms with Crippen LogP contribution in [-0.4, -0.2) is 32.9 Å². The van der Waals surface area contributed by atoms with Gasteiger partial charge in [-0.2, -0.15) is 0 Å².